The molecule has 0 atom stereocenters. The largest absolute Gasteiger partial charge is 0.483 e. The number of amides is 2. The third kappa shape index (κ3) is 7.26. The Labute approximate surface area is 211 Å². The summed E-state index contributed by atoms with van der Waals surface area (Å²) in [6.45, 7) is -0.0582. The van der Waals surface area contributed by atoms with Crippen LogP contribution in [0.5, 0.6) is 5.75 Å². The van der Waals surface area contributed by atoms with E-state index in [9.17, 15) is 14.9 Å². The third-order valence-corrected chi connectivity index (χ3v) is 5.47. The highest BCUT2D eigenvalue weighted by Gasteiger charge is 2.13. The monoisotopic (exact) mass is 513 g/mol. The third-order valence-electron chi connectivity index (χ3n) is 4.49. The molecule has 6 nitrogen and oxygen atoms in total. The number of carbonyl (C=O) groups is 2. The zero-order valence-electron chi connectivity index (χ0n) is 17.6. The van der Waals surface area contributed by atoms with Crippen molar-refractivity contribution in [2.75, 3.05) is 11.9 Å². The number of nitriles is 1. The molecule has 34 heavy (non-hydrogen) atoms. The molecular formula is C25H18Cl3N3O3. The molecule has 172 valence electrons. The number of halogens is 3. The minimum absolute atomic E-state index is 0.136. The van der Waals surface area contributed by atoms with Crippen molar-refractivity contribution in [2.45, 2.75) is 6.54 Å². The van der Waals surface area contributed by atoms with Crippen molar-refractivity contribution in [3.63, 3.8) is 0 Å². The first-order valence-corrected chi connectivity index (χ1v) is 11.1. The summed E-state index contributed by atoms with van der Waals surface area (Å²) in [5, 5.41) is 15.9. The Balaban J connectivity index is 1.69. The lowest BCUT2D eigenvalue weighted by Crippen LogP contribution is -2.24. The Morgan fingerprint density at radius 2 is 1.74 bits per heavy atom. The molecule has 9 heteroatoms. The van der Waals surface area contributed by atoms with Crippen molar-refractivity contribution in [2.24, 2.45) is 0 Å². The first-order valence-electron chi connectivity index (χ1n) is 9.97. The van der Waals surface area contributed by atoms with Crippen LogP contribution in [0.25, 0.3) is 6.08 Å². The molecule has 2 N–H and O–H groups in total. The van der Waals surface area contributed by atoms with Gasteiger partial charge in [0.2, 0.25) is 0 Å². The van der Waals surface area contributed by atoms with Gasteiger partial charge in [-0.15, -0.1) is 0 Å². The van der Waals surface area contributed by atoms with Crippen LogP contribution >= 0.6 is 34.8 Å². The highest BCUT2D eigenvalue weighted by molar-refractivity contribution is 6.42. The Morgan fingerprint density at radius 3 is 2.44 bits per heavy atom. The van der Waals surface area contributed by atoms with Crippen LogP contribution in [0, 0.1) is 11.3 Å². The van der Waals surface area contributed by atoms with E-state index in [4.69, 9.17) is 39.5 Å². The summed E-state index contributed by atoms with van der Waals surface area (Å²) in [5.74, 6) is -0.712. The molecule has 0 aliphatic rings. The summed E-state index contributed by atoms with van der Waals surface area (Å²) in [5.41, 5.74) is 1.60. The second-order valence-electron chi connectivity index (χ2n) is 6.99. The average molecular weight is 515 g/mol. The van der Waals surface area contributed by atoms with E-state index in [0.717, 1.165) is 5.56 Å². The van der Waals surface area contributed by atoms with Gasteiger partial charge in [-0.2, -0.15) is 5.26 Å². The van der Waals surface area contributed by atoms with Gasteiger partial charge in [0.1, 0.15) is 17.4 Å². The molecule has 0 unspecified atom stereocenters. The molecule has 0 spiro atoms. The summed E-state index contributed by atoms with van der Waals surface area (Å²) in [7, 11) is 0. The number of benzene rings is 3. The quantitative estimate of drug-likeness (QED) is 0.290. The van der Waals surface area contributed by atoms with Gasteiger partial charge >= 0.3 is 0 Å². The van der Waals surface area contributed by atoms with Gasteiger partial charge in [-0.05, 0) is 48.0 Å². The van der Waals surface area contributed by atoms with Crippen molar-refractivity contribution in [1.82, 2.24) is 5.32 Å². The Hall–Kier alpha value is -3.50. The van der Waals surface area contributed by atoms with Crippen molar-refractivity contribution >= 4 is 58.4 Å². The molecule has 0 aliphatic heterocycles. The van der Waals surface area contributed by atoms with E-state index in [2.05, 4.69) is 10.6 Å². The van der Waals surface area contributed by atoms with Gasteiger partial charge in [-0.25, -0.2) is 0 Å². The SMILES string of the molecule is N#C/C(=C\c1cc(Cl)ccc1OCC(=O)Nc1ccc(Cl)c(Cl)c1)C(=O)NCc1ccccc1. The lowest BCUT2D eigenvalue weighted by molar-refractivity contribution is -0.118. The van der Waals surface area contributed by atoms with Crippen LogP contribution in [0.2, 0.25) is 15.1 Å². The summed E-state index contributed by atoms with van der Waals surface area (Å²) in [4.78, 5) is 24.8. The summed E-state index contributed by atoms with van der Waals surface area (Å²) in [6.07, 6.45) is 1.36. The van der Waals surface area contributed by atoms with Gasteiger partial charge in [0.05, 0.1) is 10.0 Å². The number of hydrogen-bond donors (Lipinski definition) is 2. The van der Waals surface area contributed by atoms with E-state index in [1.54, 1.807) is 24.3 Å². The first-order chi connectivity index (χ1) is 16.4. The molecule has 3 aromatic carbocycles. The smallest absolute Gasteiger partial charge is 0.262 e. The fourth-order valence-corrected chi connectivity index (χ4v) is 3.33. The zero-order chi connectivity index (χ0) is 24.5. The van der Waals surface area contributed by atoms with E-state index in [1.165, 1.54) is 18.2 Å². The molecule has 2 amide bonds. The normalized spacial score (nSPS) is 10.8. The van der Waals surface area contributed by atoms with E-state index in [1.807, 2.05) is 36.4 Å². The molecule has 0 saturated heterocycles. The topological polar surface area (TPSA) is 91.2 Å². The maximum atomic E-state index is 12.5. The summed E-state index contributed by atoms with van der Waals surface area (Å²) < 4.78 is 5.62. The maximum Gasteiger partial charge on any atom is 0.262 e. The average Bonchev–Trinajstić information content (AvgIpc) is 2.83. The van der Waals surface area contributed by atoms with Crippen LogP contribution < -0.4 is 15.4 Å². The van der Waals surface area contributed by atoms with Gasteiger partial charge < -0.3 is 15.4 Å². The van der Waals surface area contributed by atoms with Gasteiger partial charge in [0.25, 0.3) is 11.8 Å². The van der Waals surface area contributed by atoms with Gasteiger partial charge in [-0.3, -0.25) is 9.59 Å². The second kappa shape index (κ2) is 12.1. The lowest BCUT2D eigenvalue weighted by Gasteiger charge is -2.11. The van der Waals surface area contributed by atoms with Crippen LogP contribution in [-0.4, -0.2) is 18.4 Å². The number of anilines is 1. The molecule has 3 rings (SSSR count). The van der Waals surface area contributed by atoms with Crippen molar-refractivity contribution in [3.05, 3.63) is 98.5 Å². The van der Waals surface area contributed by atoms with Crippen LogP contribution in [-0.2, 0) is 16.1 Å². The van der Waals surface area contributed by atoms with Gasteiger partial charge in [0, 0.05) is 22.8 Å². The standard InChI is InChI=1S/C25H18Cl3N3O3/c26-19-6-9-23(34-15-24(32)31-20-7-8-21(27)22(28)12-20)17(11-19)10-18(13-29)25(33)30-14-16-4-2-1-3-5-16/h1-12H,14-15H2,(H,30,33)(H,31,32)/b18-10+. The number of ether oxygens (including phenoxy) is 1. The van der Waals surface area contributed by atoms with Crippen LogP contribution in [0.3, 0.4) is 0 Å². The van der Waals surface area contributed by atoms with Gasteiger partial charge in [0.15, 0.2) is 6.61 Å². The predicted octanol–water partition coefficient (Wildman–Crippen LogP) is 5.89. The van der Waals surface area contributed by atoms with Crippen molar-refractivity contribution in [1.29, 1.82) is 5.26 Å². The fourth-order valence-electron chi connectivity index (χ4n) is 2.86. The van der Waals surface area contributed by atoms with Crippen molar-refractivity contribution < 1.29 is 14.3 Å². The van der Waals surface area contributed by atoms with E-state index < -0.39 is 11.8 Å². The Morgan fingerprint density at radius 1 is 0.971 bits per heavy atom. The van der Waals surface area contributed by atoms with E-state index >= 15 is 0 Å². The molecule has 0 heterocycles. The summed E-state index contributed by atoms with van der Waals surface area (Å²) >= 11 is 17.9. The number of nitrogens with zero attached hydrogens (tertiary/aromatic N) is 1. The minimum Gasteiger partial charge on any atom is -0.483 e. The molecule has 0 bridgehead atoms. The lowest BCUT2D eigenvalue weighted by atomic mass is 10.1. The second-order valence-corrected chi connectivity index (χ2v) is 8.24. The fraction of sp³-hybridized carbons (Fsp3) is 0.0800. The van der Waals surface area contributed by atoms with E-state index in [0.29, 0.717) is 26.3 Å². The molecule has 0 aliphatic carbocycles. The van der Waals surface area contributed by atoms with Crippen molar-refractivity contribution in [3.8, 4) is 11.8 Å². The van der Waals surface area contributed by atoms with Crippen LogP contribution in [0.4, 0.5) is 5.69 Å². The minimum atomic E-state index is -0.547. The number of rotatable bonds is 8. The molecule has 0 radical (unpaired) electrons. The molecule has 0 fully saturated rings. The molecule has 3 aromatic rings. The van der Waals surface area contributed by atoms with E-state index in [-0.39, 0.29) is 24.5 Å². The highest BCUT2D eigenvalue weighted by atomic mass is 35.5. The number of nitrogens with one attached hydrogen (secondary N) is 2. The van der Waals surface area contributed by atoms with Crippen LogP contribution in [0.15, 0.2) is 72.3 Å². The molecular weight excluding hydrogens is 497 g/mol. The number of carbonyl (C=O) groups excluding carboxylic acids is 2. The van der Waals surface area contributed by atoms with Gasteiger partial charge in [-0.1, -0.05) is 65.1 Å². The predicted molar refractivity (Wildman–Crippen MR) is 134 cm³/mol. The van der Waals surface area contributed by atoms with Crippen LogP contribution in [0.1, 0.15) is 11.1 Å². The Kier molecular flexibility index (Phi) is 8.94. The number of hydrogen-bond acceptors (Lipinski definition) is 4. The summed E-state index contributed by atoms with van der Waals surface area (Å²) in [6, 6.07) is 20.6. The molecule has 0 aromatic heterocycles. The Bertz CT molecular complexity index is 1270. The first kappa shape index (κ1) is 25.1. The zero-order valence-corrected chi connectivity index (χ0v) is 19.9. The molecule has 0 saturated carbocycles. The maximum absolute atomic E-state index is 12.5. The highest BCUT2D eigenvalue weighted by Crippen LogP contribution is 2.27.